The Morgan fingerprint density at radius 3 is 2.57 bits per heavy atom. The Hall–Kier alpha value is -2.49. The fraction of sp³-hybridized carbons (Fsp3) is 0.235. The van der Waals surface area contributed by atoms with Crippen molar-refractivity contribution in [2.75, 3.05) is 12.8 Å². The molecule has 0 spiro atoms. The molecular formula is C17H21N3O. The molecule has 21 heavy (non-hydrogen) atoms. The maximum atomic E-state index is 12.2. The van der Waals surface area contributed by atoms with Crippen LogP contribution in [0.2, 0.25) is 0 Å². The number of carbonyl (C=O) groups is 1. The van der Waals surface area contributed by atoms with Gasteiger partial charge in [0.1, 0.15) is 0 Å². The second-order valence-electron chi connectivity index (χ2n) is 5.10. The van der Waals surface area contributed by atoms with Crippen LogP contribution in [0.1, 0.15) is 24.1 Å². The van der Waals surface area contributed by atoms with E-state index in [1.165, 1.54) is 0 Å². The van der Waals surface area contributed by atoms with Crippen LogP contribution in [0.5, 0.6) is 0 Å². The molecule has 4 heteroatoms. The summed E-state index contributed by atoms with van der Waals surface area (Å²) in [5.41, 5.74) is 8.59. The molecule has 110 valence electrons. The van der Waals surface area contributed by atoms with Crippen LogP contribution >= 0.6 is 0 Å². The fourth-order valence-corrected chi connectivity index (χ4v) is 2.12. The second kappa shape index (κ2) is 6.79. The van der Waals surface area contributed by atoms with Crippen molar-refractivity contribution in [1.82, 2.24) is 10.2 Å². The lowest BCUT2D eigenvalue weighted by Gasteiger charge is -2.25. The van der Waals surface area contributed by atoms with E-state index < -0.39 is 0 Å². The average molecular weight is 283 g/mol. The van der Waals surface area contributed by atoms with Gasteiger partial charge in [0.05, 0.1) is 6.04 Å². The molecule has 2 aromatic rings. The Bertz CT molecular complexity index is 598. The summed E-state index contributed by atoms with van der Waals surface area (Å²) < 4.78 is 0. The van der Waals surface area contributed by atoms with Crippen molar-refractivity contribution in [3.8, 4) is 0 Å². The maximum absolute atomic E-state index is 12.2. The van der Waals surface area contributed by atoms with Crippen LogP contribution in [-0.2, 0) is 6.54 Å². The fourth-order valence-electron chi connectivity index (χ4n) is 2.12. The van der Waals surface area contributed by atoms with Gasteiger partial charge in [0, 0.05) is 19.3 Å². The van der Waals surface area contributed by atoms with E-state index in [-0.39, 0.29) is 12.1 Å². The number of anilines is 1. The molecule has 1 unspecified atom stereocenters. The highest BCUT2D eigenvalue weighted by molar-refractivity contribution is 5.74. The van der Waals surface area contributed by atoms with Crippen LogP contribution in [0.3, 0.4) is 0 Å². The minimum atomic E-state index is -0.103. The summed E-state index contributed by atoms with van der Waals surface area (Å²) in [5.74, 6) is 0. The topological polar surface area (TPSA) is 58.4 Å². The van der Waals surface area contributed by atoms with Crippen molar-refractivity contribution in [2.45, 2.75) is 19.5 Å². The molecule has 0 aliphatic carbocycles. The number of nitrogens with one attached hydrogen (secondary N) is 1. The number of hydrogen-bond acceptors (Lipinski definition) is 2. The van der Waals surface area contributed by atoms with Crippen LogP contribution in [0, 0.1) is 0 Å². The number of urea groups is 1. The van der Waals surface area contributed by atoms with Gasteiger partial charge in [0.2, 0.25) is 0 Å². The third kappa shape index (κ3) is 3.99. The SMILES string of the molecule is CC(c1cccc(N)c1)N(C)C(=O)NCc1ccccc1. The summed E-state index contributed by atoms with van der Waals surface area (Å²) in [7, 11) is 1.79. The Balaban J connectivity index is 1.95. The number of nitrogens with two attached hydrogens (primary N) is 1. The normalized spacial score (nSPS) is 11.7. The highest BCUT2D eigenvalue weighted by Crippen LogP contribution is 2.20. The summed E-state index contributed by atoms with van der Waals surface area (Å²) in [6, 6.07) is 17.3. The Morgan fingerprint density at radius 1 is 1.19 bits per heavy atom. The van der Waals surface area contributed by atoms with Crippen molar-refractivity contribution in [3.05, 3.63) is 65.7 Å². The van der Waals surface area contributed by atoms with Gasteiger partial charge in [-0.15, -0.1) is 0 Å². The minimum absolute atomic E-state index is 0.0377. The van der Waals surface area contributed by atoms with Gasteiger partial charge in [-0.3, -0.25) is 0 Å². The third-order valence-corrected chi connectivity index (χ3v) is 3.58. The van der Waals surface area contributed by atoms with Crippen molar-refractivity contribution < 1.29 is 4.79 Å². The second-order valence-corrected chi connectivity index (χ2v) is 5.10. The van der Waals surface area contributed by atoms with Gasteiger partial charge in [-0.1, -0.05) is 42.5 Å². The molecule has 0 fully saturated rings. The van der Waals surface area contributed by atoms with E-state index in [2.05, 4.69) is 5.32 Å². The smallest absolute Gasteiger partial charge is 0.317 e. The van der Waals surface area contributed by atoms with Gasteiger partial charge >= 0.3 is 6.03 Å². The molecule has 0 radical (unpaired) electrons. The number of nitrogens with zero attached hydrogens (tertiary/aromatic N) is 1. The zero-order valence-electron chi connectivity index (χ0n) is 12.4. The van der Waals surface area contributed by atoms with E-state index in [1.54, 1.807) is 11.9 Å². The zero-order valence-corrected chi connectivity index (χ0v) is 12.4. The summed E-state index contributed by atoms with van der Waals surface area (Å²) in [4.78, 5) is 13.9. The van der Waals surface area contributed by atoms with E-state index in [0.717, 1.165) is 11.1 Å². The average Bonchev–Trinajstić information content (AvgIpc) is 2.52. The number of amides is 2. The molecule has 2 amide bonds. The Kier molecular flexibility index (Phi) is 4.82. The van der Waals surface area contributed by atoms with Gasteiger partial charge in [-0.25, -0.2) is 4.79 Å². The van der Waals surface area contributed by atoms with Crippen molar-refractivity contribution in [1.29, 1.82) is 0 Å². The Labute approximate surface area is 125 Å². The van der Waals surface area contributed by atoms with Gasteiger partial charge < -0.3 is 16.0 Å². The molecule has 0 aliphatic heterocycles. The van der Waals surface area contributed by atoms with E-state index in [4.69, 9.17) is 5.73 Å². The molecule has 0 saturated heterocycles. The lowest BCUT2D eigenvalue weighted by Crippen LogP contribution is -2.38. The molecular weight excluding hydrogens is 262 g/mol. The first kappa shape index (κ1) is 14.9. The maximum Gasteiger partial charge on any atom is 0.317 e. The standard InChI is InChI=1S/C17H21N3O/c1-13(15-9-6-10-16(18)11-15)20(2)17(21)19-12-14-7-4-3-5-8-14/h3-11,13H,12,18H2,1-2H3,(H,19,21). The van der Waals surface area contributed by atoms with Crippen molar-refractivity contribution in [2.24, 2.45) is 0 Å². The largest absolute Gasteiger partial charge is 0.399 e. The Morgan fingerprint density at radius 2 is 1.90 bits per heavy atom. The predicted octanol–water partition coefficient (Wildman–Crippen LogP) is 3.17. The van der Waals surface area contributed by atoms with Crippen molar-refractivity contribution in [3.63, 3.8) is 0 Å². The van der Waals surface area contributed by atoms with E-state index in [9.17, 15) is 4.79 Å². The first-order valence-corrected chi connectivity index (χ1v) is 6.98. The molecule has 2 aromatic carbocycles. The lowest BCUT2D eigenvalue weighted by molar-refractivity contribution is 0.194. The van der Waals surface area contributed by atoms with Gasteiger partial charge in [-0.2, -0.15) is 0 Å². The number of rotatable bonds is 4. The van der Waals surface area contributed by atoms with Crippen LogP contribution in [-0.4, -0.2) is 18.0 Å². The number of nitrogen functional groups attached to an aromatic ring is 1. The van der Waals surface area contributed by atoms with E-state index in [0.29, 0.717) is 12.2 Å². The summed E-state index contributed by atoms with van der Waals surface area (Å²) in [5, 5.41) is 2.92. The molecule has 0 saturated carbocycles. The molecule has 0 bridgehead atoms. The zero-order chi connectivity index (χ0) is 15.2. The number of carbonyl (C=O) groups excluding carboxylic acids is 1. The molecule has 2 rings (SSSR count). The number of benzene rings is 2. The van der Waals surface area contributed by atoms with Crippen molar-refractivity contribution >= 4 is 11.7 Å². The first-order chi connectivity index (χ1) is 10.1. The molecule has 0 aliphatic rings. The molecule has 3 N–H and O–H groups in total. The van der Waals surface area contributed by atoms with Crippen LogP contribution in [0.25, 0.3) is 0 Å². The van der Waals surface area contributed by atoms with Gasteiger partial charge in [0.15, 0.2) is 0 Å². The van der Waals surface area contributed by atoms with E-state index in [1.807, 2.05) is 61.5 Å². The van der Waals surface area contributed by atoms with Crippen LogP contribution in [0.15, 0.2) is 54.6 Å². The van der Waals surface area contributed by atoms with Crippen LogP contribution in [0.4, 0.5) is 10.5 Å². The predicted molar refractivity (Wildman–Crippen MR) is 85.7 cm³/mol. The summed E-state index contributed by atoms with van der Waals surface area (Å²) in [6.07, 6.45) is 0. The van der Waals surface area contributed by atoms with E-state index >= 15 is 0 Å². The summed E-state index contributed by atoms with van der Waals surface area (Å²) >= 11 is 0. The summed E-state index contributed by atoms with van der Waals surface area (Å²) in [6.45, 7) is 2.50. The highest BCUT2D eigenvalue weighted by Gasteiger charge is 2.17. The monoisotopic (exact) mass is 283 g/mol. The quantitative estimate of drug-likeness (QED) is 0.847. The lowest BCUT2D eigenvalue weighted by atomic mass is 10.1. The highest BCUT2D eigenvalue weighted by atomic mass is 16.2. The van der Waals surface area contributed by atoms with Crippen LogP contribution < -0.4 is 11.1 Å². The third-order valence-electron chi connectivity index (χ3n) is 3.58. The molecule has 0 heterocycles. The minimum Gasteiger partial charge on any atom is -0.399 e. The molecule has 4 nitrogen and oxygen atoms in total. The number of hydrogen-bond donors (Lipinski definition) is 2. The van der Waals surface area contributed by atoms with Gasteiger partial charge in [0.25, 0.3) is 0 Å². The molecule has 1 atom stereocenters. The van der Waals surface area contributed by atoms with Gasteiger partial charge in [-0.05, 0) is 30.2 Å². The molecule has 0 aromatic heterocycles. The first-order valence-electron chi connectivity index (χ1n) is 6.98.